The van der Waals surface area contributed by atoms with Crippen LogP contribution in [0.25, 0.3) is 0 Å². The van der Waals surface area contributed by atoms with E-state index in [0.29, 0.717) is 18.8 Å². The van der Waals surface area contributed by atoms with E-state index < -0.39 is 9.05 Å². The van der Waals surface area contributed by atoms with Gasteiger partial charge in [-0.05, 0) is 24.6 Å². The maximum Gasteiger partial charge on any atom is 0.296 e. The van der Waals surface area contributed by atoms with E-state index in [1.165, 1.54) is 4.57 Å². The van der Waals surface area contributed by atoms with E-state index in [-0.39, 0.29) is 5.16 Å². The van der Waals surface area contributed by atoms with Crippen LogP contribution in [0.5, 0.6) is 0 Å². The summed E-state index contributed by atoms with van der Waals surface area (Å²) in [6.45, 7) is 2.25. The van der Waals surface area contributed by atoms with Crippen LogP contribution in [0.4, 0.5) is 0 Å². The fraction of sp³-hybridized carbons (Fsp3) is 0.300. The van der Waals surface area contributed by atoms with Crippen molar-refractivity contribution in [3.8, 4) is 0 Å². The van der Waals surface area contributed by atoms with Crippen molar-refractivity contribution in [2.45, 2.75) is 25.0 Å². The van der Waals surface area contributed by atoms with Gasteiger partial charge >= 0.3 is 0 Å². The van der Waals surface area contributed by atoms with Crippen LogP contribution >= 0.6 is 10.7 Å². The summed E-state index contributed by atoms with van der Waals surface area (Å²) in [7, 11) is 1.43. The first-order valence-electron chi connectivity index (χ1n) is 5.28. The molecule has 0 fully saturated rings. The highest BCUT2D eigenvalue weighted by atomic mass is 35.7. The Morgan fingerprint density at radius 3 is 2.50 bits per heavy atom. The SMILES string of the molecule is CCn1c(Cc2ccncc2)nnc1S(=O)(=O)Cl. The summed E-state index contributed by atoms with van der Waals surface area (Å²) in [6.07, 6.45) is 3.82. The molecule has 0 amide bonds. The minimum atomic E-state index is -3.87. The lowest BCUT2D eigenvalue weighted by molar-refractivity contribution is 0.576. The van der Waals surface area contributed by atoms with Crippen LogP contribution in [-0.4, -0.2) is 28.2 Å². The van der Waals surface area contributed by atoms with E-state index >= 15 is 0 Å². The van der Waals surface area contributed by atoms with Crippen LogP contribution in [0, 0.1) is 0 Å². The fourth-order valence-electron chi connectivity index (χ4n) is 1.63. The lowest BCUT2D eigenvalue weighted by Crippen LogP contribution is -2.08. The van der Waals surface area contributed by atoms with E-state index in [1.807, 2.05) is 19.1 Å². The normalized spacial score (nSPS) is 11.7. The third kappa shape index (κ3) is 2.68. The largest absolute Gasteiger partial charge is 0.301 e. The number of aromatic nitrogens is 4. The van der Waals surface area contributed by atoms with Crippen molar-refractivity contribution in [1.82, 2.24) is 19.7 Å². The molecule has 8 heteroatoms. The predicted octanol–water partition coefficient (Wildman–Crippen LogP) is 1.21. The molecule has 0 aliphatic heterocycles. The van der Waals surface area contributed by atoms with Crippen molar-refractivity contribution in [3.05, 3.63) is 35.9 Å². The second-order valence-electron chi connectivity index (χ2n) is 3.61. The van der Waals surface area contributed by atoms with Crippen molar-refractivity contribution in [2.75, 3.05) is 0 Å². The summed E-state index contributed by atoms with van der Waals surface area (Å²) in [5.41, 5.74) is 0.977. The Kier molecular flexibility index (Phi) is 3.63. The Labute approximate surface area is 109 Å². The number of pyridine rings is 1. The molecule has 2 aromatic rings. The molecule has 0 saturated carbocycles. The van der Waals surface area contributed by atoms with Crippen LogP contribution in [-0.2, 0) is 22.0 Å². The smallest absolute Gasteiger partial charge is 0.296 e. The third-order valence-corrected chi connectivity index (χ3v) is 3.59. The zero-order valence-corrected chi connectivity index (χ0v) is 11.2. The minimum absolute atomic E-state index is 0.212. The van der Waals surface area contributed by atoms with Crippen LogP contribution in [0.1, 0.15) is 18.3 Å². The topological polar surface area (TPSA) is 77.7 Å². The van der Waals surface area contributed by atoms with Crippen molar-refractivity contribution in [3.63, 3.8) is 0 Å². The third-order valence-electron chi connectivity index (χ3n) is 2.44. The zero-order valence-electron chi connectivity index (χ0n) is 9.62. The van der Waals surface area contributed by atoms with E-state index in [1.54, 1.807) is 12.4 Å². The van der Waals surface area contributed by atoms with Crippen LogP contribution in [0.2, 0.25) is 0 Å². The van der Waals surface area contributed by atoms with Gasteiger partial charge in [-0.1, -0.05) is 0 Å². The molecule has 6 nitrogen and oxygen atoms in total. The monoisotopic (exact) mass is 286 g/mol. The van der Waals surface area contributed by atoms with Crippen molar-refractivity contribution in [1.29, 1.82) is 0 Å². The van der Waals surface area contributed by atoms with Gasteiger partial charge in [0.25, 0.3) is 14.2 Å². The van der Waals surface area contributed by atoms with Crippen molar-refractivity contribution < 1.29 is 8.42 Å². The summed E-state index contributed by atoms with van der Waals surface area (Å²) >= 11 is 0. The molecule has 0 atom stereocenters. The summed E-state index contributed by atoms with van der Waals surface area (Å²) in [5.74, 6) is 0.558. The maximum atomic E-state index is 11.3. The van der Waals surface area contributed by atoms with Crippen molar-refractivity contribution in [2.24, 2.45) is 0 Å². The van der Waals surface area contributed by atoms with Crippen molar-refractivity contribution >= 4 is 19.7 Å². The molecule has 0 aliphatic rings. The lowest BCUT2D eigenvalue weighted by atomic mass is 10.2. The van der Waals surface area contributed by atoms with E-state index in [4.69, 9.17) is 10.7 Å². The second kappa shape index (κ2) is 5.03. The highest BCUT2D eigenvalue weighted by Gasteiger charge is 2.21. The molecule has 2 rings (SSSR count). The van der Waals surface area contributed by atoms with Gasteiger partial charge in [0.2, 0.25) is 0 Å². The van der Waals surface area contributed by atoms with Gasteiger partial charge in [-0.25, -0.2) is 8.42 Å². The highest BCUT2D eigenvalue weighted by Crippen LogP contribution is 2.15. The van der Waals surface area contributed by atoms with E-state index in [2.05, 4.69) is 15.2 Å². The number of halogens is 1. The average molecular weight is 287 g/mol. The molecular weight excluding hydrogens is 276 g/mol. The number of nitrogens with zero attached hydrogens (tertiary/aromatic N) is 4. The molecule has 2 heterocycles. The molecule has 96 valence electrons. The predicted molar refractivity (Wildman–Crippen MR) is 65.8 cm³/mol. The number of hydrogen-bond donors (Lipinski definition) is 0. The summed E-state index contributed by atoms with van der Waals surface area (Å²) < 4.78 is 24.1. The Morgan fingerprint density at radius 2 is 1.94 bits per heavy atom. The van der Waals surface area contributed by atoms with Gasteiger partial charge in [0, 0.05) is 36.0 Å². The molecule has 2 aromatic heterocycles. The minimum Gasteiger partial charge on any atom is -0.301 e. The molecule has 0 radical (unpaired) electrons. The zero-order chi connectivity index (χ0) is 13.2. The molecule has 0 aromatic carbocycles. The van der Waals surface area contributed by atoms with Gasteiger partial charge in [-0.3, -0.25) is 4.98 Å². The van der Waals surface area contributed by atoms with Gasteiger partial charge in [0.05, 0.1) is 0 Å². The molecular formula is C10H11ClN4O2S. The molecule has 0 N–H and O–H groups in total. The van der Waals surface area contributed by atoms with Gasteiger partial charge in [0.1, 0.15) is 5.82 Å². The Morgan fingerprint density at radius 1 is 1.28 bits per heavy atom. The first-order valence-corrected chi connectivity index (χ1v) is 7.59. The summed E-state index contributed by atoms with van der Waals surface area (Å²) in [4.78, 5) is 3.91. The molecule has 0 spiro atoms. The standard InChI is InChI=1S/C10H11ClN4O2S/c1-2-15-9(7-8-3-5-12-6-4-8)13-14-10(15)18(11,16)17/h3-6H,2,7H2,1H3. The van der Waals surface area contributed by atoms with Gasteiger partial charge in [0.15, 0.2) is 0 Å². The van der Waals surface area contributed by atoms with Crippen LogP contribution in [0.3, 0.4) is 0 Å². The molecule has 0 saturated heterocycles. The highest BCUT2D eigenvalue weighted by molar-refractivity contribution is 8.13. The first-order chi connectivity index (χ1) is 8.52. The molecule has 0 aliphatic carbocycles. The molecule has 18 heavy (non-hydrogen) atoms. The lowest BCUT2D eigenvalue weighted by Gasteiger charge is -2.05. The quantitative estimate of drug-likeness (QED) is 0.790. The van der Waals surface area contributed by atoms with Crippen LogP contribution in [0.15, 0.2) is 29.7 Å². The first kappa shape index (κ1) is 13.0. The Balaban J connectivity index is 2.39. The van der Waals surface area contributed by atoms with E-state index in [9.17, 15) is 8.42 Å². The summed E-state index contributed by atoms with van der Waals surface area (Å²) in [5, 5.41) is 7.30. The Bertz CT molecular complexity index is 639. The van der Waals surface area contributed by atoms with Gasteiger partial charge in [-0.2, -0.15) is 0 Å². The summed E-state index contributed by atoms with van der Waals surface area (Å²) in [6, 6.07) is 3.67. The van der Waals surface area contributed by atoms with Gasteiger partial charge in [-0.15, -0.1) is 10.2 Å². The maximum absolute atomic E-state index is 11.3. The Hall–Kier alpha value is -1.47. The van der Waals surface area contributed by atoms with Gasteiger partial charge < -0.3 is 4.57 Å². The molecule has 0 unspecified atom stereocenters. The van der Waals surface area contributed by atoms with Crippen LogP contribution < -0.4 is 0 Å². The average Bonchev–Trinajstić information content (AvgIpc) is 2.73. The second-order valence-corrected chi connectivity index (χ2v) is 6.07. The fourth-order valence-corrected chi connectivity index (χ4v) is 2.61. The number of hydrogen-bond acceptors (Lipinski definition) is 5. The number of rotatable bonds is 4. The van der Waals surface area contributed by atoms with E-state index in [0.717, 1.165) is 5.56 Å². The molecule has 0 bridgehead atoms.